The first-order valence-corrected chi connectivity index (χ1v) is 48.1. The number of esters is 4. The van der Waals surface area contributed by atoms with Gasteiger partial charge >= 0.3 is 39.5 Å². The van der Waals surface area contributed by atoms with Gasteiger partial charge in [-0.3, -0.25) is 37.3 Å². The summed E-state index contributed by atoms with van der Waals surface area (Å²) in [4.78, 5) is 73.2. The number of carbonyl (C=O) groups is 4. The quantitative estimate of drug-likeness (QED) is 0.0222. The van der Waals surface area contributed by atoms with E-state index in [0.29, 0.717) is 25.7 Å². The second-order valence-corrected chi connectivity index (χ2v) is 34.7. The van der Waals surface area contributed by atoms with Gasteiger partial charge in [-0.2, -0.15) is 0 Å². The lowest BCUT2D eigenvalue weighted by Crippen LogP contribution is -2.30. The van der Waals surface area contributed by atoms with E-state index in [0.717, 1.165) is 95.8 Å². The Hall–Kier alpha value is -1.94. The van der Waals surface area contributed by atoms with Crippen LogP contribution in [0.1, 0.15) is 471 Å². The molecular weight excluding hydrogens is 1380 g/mol. The number of aliphatic hydroxyl groups excluding tert-OH is 1. The van der Waals surface area contributed by atoms with Gasteiger partial charge in [-0.1, -0.05) is 420 Å². The molecule has 0 amide bonds. The summed E-state index contributed by atoms with van der Waals surface area (Å²) >= 11 is 0. The topological polar surface area (TPSA) is 237 Å². The van der Waals surface area contributed by atoms with Gasteiger partial charge in [0.1, 0.15) is 19.3 Å². The van der Waals surface area contributed by atoms with Crippen molar-refractivity contribution < 1.29 is 80.2 Å². The molecule has 0 aliphatic rings. The second-order valence-electron chi connectivity index (χ2n) is 31.8. The number of hydrogen-bond donors (Lipinski definition) is 3. The van der Waals surface area contributed by atoms with Crippen molar-refractivity contribution in [2.24, 2.45) is 5.92 Å². The molecule has 19 heteroatoms. The zero-order valence-corrected chi connectivity index (χ0v) is 71.4. The molecule has 0 spiro atoms. The third-order valence-corrected chi connectivity index (χ3v) is 22.4. The van der Waals surface area contributed by atoms with E-state index < -0.39 is 97.5 Å². The molecule has 0 aromatic rings. The highest BCUT2D eigenvalue weighted by molar-refractivity contribution is 7.47. The summed E-state index contributed by atoms with van der Waals surface area (Å²) in [5.74, 6) is -1.37. The van der Waals surface area contributed by atoms with Gasteiger partial charge in [-0.05, 0) is 31.6 Å². The van der Waals surface area contributed by atoms with E-state index in [1.165, 1.54) is 295 Å². The van der Waals surface area contributed by atoms with Crippen LogP contribution in [-0.2, 0) is 65.4 Å². The Morgan fingerprint density at radius 3 is 0.642 bits per heavy atom. The van der Waals surface area contributed by atoms with Crippen molar-refractivity contribution >= 4 is 39.5 Å². The first kappa shape index (κ1) is 104. The van der Waals surface area contributed by atoms with Crippen molar-refractivity contribution in [1.29, 1.82) is 0 Å². The van der Waals surface area contributed by atoms with Crippen LogP contribution in [-0.4, -0.2) is 96.7 Å². The van der Waals surface area contributed by atoms with Crippen LogP contribution >= 0.6 is 15.6 Å². The Morgan fingerprint density at radius 2 is 0.434 bits per heavy atom. The normalized spacial score (nSPS) is 13.7. The van der Waals surface area contributed by atoms with Gasteiger partial charge in [0.15, 0.2) is 12.2 Å². The van der Waals surface area contributed by atoms with Crippen LogP contribution in [0.15, 0.2) is 0 Å². The summed E-state index contributed by atoms with van der Waals surface area (Å²) in [6, 6.07) is 0. The van der Waals surface area contributed by atoms with E-state index in [2.05, 4.69) is 34.6 Å². The zero-order valence-electron chi connectivity index (χ0n) is 69.6. The highest BCUT2D eigenvalue weighted by atomic mass is 31.2. The van der Waals surface area contributed by atoms with Crippen LogP contribution < -0.4 is 0 Å². The van der Waals surface area contributed by atoms with E-state index in [9.17, 15) is 43.2 Å². The van der Waals surface area contributed by atoms with Gasteiger partial charge in [-0.25, -0.2) is 9.13 Å². The van der Waals surface area contributed by atoms with Crippen LogP contribution in [0.5, 0.6) is 0 Å². The van der Waals surface area contributed by atoms with Gasteiger partial charge in [0.25, 0.3) is 0 Å². The monoisotopic (exact) mass is 1550 g/mol. The van der Waals surface area contributed by atoms with Gasteiger partial charge in [-0.15, -0.1) is 0 Å². The van der Waals surface area contributed by atoms with Crippen molar-refractivity contribution in [3.8, 4) is 0 Å². The number of phosphoric ester groups is 2. The third kappa shape index (κ3) is 80.1. The fourth-order valence-electron chi connectivity index (χ4n) is 13.6. The van der Waals surface area contributed by atoms with Crippen molar-refractivity contribution in [2.75, 3.05) is 39.6 Å². The van der Waals surface area contributed by atoms with Crippen LogP contribution in [0.3, 0.4) is 0 Å². The highest BCUT2D eigenvalue weighted by Crippen LogP contribution is 2.45. The van der Waals surface area contributed by atoms with Gasteiger partial charge in [0.2, 0.25) is 0 Å². The Balaban J connectivity index is 5.20. The van der Waals surface area contributed by atoms with E-state index in [-0.39, 0.29) is 25.7 Å². The Morgan fingerprint density at radius 1 is 0.255 bits per heavy atom. The van der Waals surface area contributed by atoms with Crippen molar-refractivity contribution in [1.82, 2.24) is 0 Å². The lowest BCUT2D eigenvalue weighted by molar-refractivity contribution is -0.161. The maximum Gasteiger partial charge on any atom is 0.472 e. The van der Waals surface area contributed by atoms with Crippen LogP contribution in [0.25, 0.3) is 0 Å². The highest BCUT2D eigenvalue weighted by Gasteiger charge is 2.30. The van der Waals surface area contributed by atoms with Gasteiger partial charge in [0, 0.05) is 25.7 Å². The molecule has 0 aromatic carbocycles. The number of aliphatic hydroxyl groups is 1. The van der Waals surface area contributed by atoms with E-state index in [4.69, 9.17) is 37.0 Å². The molecule has 0 rings (SSSR count). The SMILES string of the molecule is CCCCCCCCCCCCCCCCCCCCCCCCC(=O)O[C@H](COC(=O)CCCCCCCCCCCCCCCCCCCCCCC)COP(=O)(O)OC[C@@H](O)COP(=O)(O)OC[C@@H](COC(=O)CCCCCCCCCCC(C)C)OC(=O)CCCCCCCCCCCCCC. The fraction of sp³-hybridized carbons (Fsp3) is 0.954. The largest absolute Gasteiger partial charge is 0.472 e. The number of phosphoric acid groups is 2. The minimum absolute atomic E-state index is 0.107. The van der Waals surface area contributed by atoms with Crippen LogP contribution in [0, 0.1) is 5.92 Å². The number of unbranched alkanes of at least 4 members (excludes halogenated alkanes) is 59. The summed E-state index contributed by atoms with van der Waals surface area (Å²) in [7, 11) is -9.93. The van der Waals surface area contributed by atoms with Gasteiger partial charge < -0.3 is 33.8 Å². The lowest BCUT2D eigenvalue weighted by atomic mass is 10.0. The predicted molar refractivity (Wildman–Crippen MR) is 437 cm³/mol. The maximum absolute atomic E-state index is 13.2. The molecule has 0 saturated carbocycles. The minimum Gasteiger partial charge on any atom is -0.462 e. The predicted octanol–water partition coefficient (Wildman–Crippen LogP) is 26.8. The standard InChI is InChI=1S/C87H170O17P2/c1-6-9-12-15-18-21-24-27-29-31-33-35-37-39-41-43-45-48-51-58-63-68-73-87(92)103-82(76-97-84(89)70-65-60-55-49-47-44-42-40-38-36-34-32-30-28-25-22-19-16-13-10-7-2)78-101-105(93,94)99-74-81(88)75-100-106(95,96)102-79-83(77-98-85(90)71-66-61-56-53-52-54-59-64-69-80(4)5)104-86(91)72-67-62-57-50-46-26-23-20-17-14-11-8-3/h80-83,88H,6-79H2,1-5H3,(H,93,94)(H,95,96)/t81-,82-,83-/m1/s1. The molecule has 0 saturated heterocycles. The number of ether oxygens (including phenoxy) is 4. The van der Waals surface area contributed by atoms with Crippen molar-refractivity contribution in [2.45, 2.75) is 490 Å². The molecule has 0 aliphatic heterocycles. The molecule has 0 radical (unpaired) electrons. The lowest BCUT2D eigenvalue weighted by Gasteiger charge is -2.21. The average molecular weight is 1550 g/mol. The molecule has 5 atom stereocenters. The first-order chi connectivity index (χ1) is 51.5. The maximum atomic E-state index is 13.2. The average Bonchev–Trinajstić information content (AvgIpc) is 0.902. The fourth-order valence-corrected chi connectivity index (χ4v) is 15.2. The van der Waals surface area contributed by atoms with E-state index in [1.54, 1.807) is 0 Å². The zero-order chi connectivity index (χ0) is 77.6. The Kier molecular flexibility index (Phi) is 78.2. The second kappa shape index (κ2) is 79.7. The molecule has 17 nitrogen and oxygen atoms in total. The van der Waals surface area contributed by atoms with E-state index >= 15 is 0 Å². The van der Waals surface area contributed by atoms with E-state index in [1.807, 2.05) is 0 Å². The summed E-state index contributed by atoms with van der Waals surface area (Å²) in [5.41, 5.74) is 0. The van der Waals surface area contributed by atoms with Crippen LogP contribution in [0.2, 0.25) is 0 Å². The molecule has 0 fully saturated rings. The van der Waals surface area contributed by atoms with Crippen molar-refractivity contribution in [3.05, 3.63) is 0 Å². The molecule has 630 valence electrons. The Bertz CT molecular complexity index is 2010. The molecule has 0 bridgehead atoms. The summed E-state index contributed by atoms with van der Waals surface area (Å²) in [6.45, 7) is 7.32. The van der Waals surface area contributed by atoms with Crippen molar-refractivity contribution in [3.63, 3.8) is 0 Å². The summed E-state index contributed by atoms with van der Waals surface area (Å²) in [5, 5.41) is 10.7. The molecule has 0 heterocycles. The molecule has 2 unspecified atom stereocenters. The summed E-state index contributed by atoms with van der Waals surface area (Å²) in [6.07, 6.45) is 73.9. The summed E-state index contributed by atoms with van der Waals surface area (Å²) < 4.78 is 68.9. The molecule has 0 aromatic heterocycles. The number of carbonyl (C=O) groups excluding carboxylic acids is 4. The molecule has 3 N–H and O–H groups in total. The first-order valence-electron chi connectivity index (χ1n) is 45.1. The number of rotatable bonds is 87. The third-order valence-electron chi connectivity index (χ3n) is 20.5. The van der Waals surface area contributed by atoms with Crippen LogP contribution in [0.4, 0.5) is 0 Å². The smallest absolute Gasteiger partial charge is 0.462 e. The number of hydrogen-bond acceptors (Lipinski definition) is 15. The van der Waals surface area contributed by atoms with Gasteiger partial charge in [0.05, 0.1) is 26.4 Å². The Labute approximate surface area is 651 Å². The minimum atomic E-state index is -4.97. The molecule has 106 heavy (non-hydrogen) atoms. The molecular formula is C87H170O17P2. The molecule has 0 aliphatic carbocycles.